The molecule has 0 saturated heterocycles. The van der Waals surface area contributed by atoms with E-state index in [1.54, 1.807) is 31.1 Å². The Morgan fingerprint density at radius 3 is 0.737 bits per heavy atom. The van der Waals surface area contributed by atoms with Gasteiger partial charge >= 0.3 is 33.0 Å². The van der Waals surface area contributed by atoms with Crippen molar-refractivity contribution in [2.45, 2.75) is 169 Å². The van der Waals surface area contributed by atoms with Crippen molar-refractivity contribution < 1.29 is 25.2 Å². The summed E-state index contributed by atoms with van der Waals surface area (Å²) in [5, 5.41) is 0. The molecule has 0 unspecified atom stereocenters. The summed E-state index contributed by atoms with van der Waals surface area (Å²) >= 11 is 0. The van der Waals surface area contributed by atoms with Crippen molar-refractivity contribution in [1.29, 1.82) is 0 Å². The van der Waals surface area contributed by atoms with Gasteiger partial charge in [-0.25, -0.2) is 0 Å². The molecule has 0 aromatic heterocycles. The number of unbranched alkanes of at least 4 members (excludes halogenated alkanes) is 18. The summed E-state index contributed by atoms with van der Waals surface area (Å²) in [6, 6.07) is 0. The molecule has 0 aliphatic heterocycles. The maximum atomic E-state index is 9.87. The Balaban J connectivity index is 0. The summed E-state index contributed by atoms with van der Waals surface area (Å²) in [6.07, 6.45) is 39.0. The normalized spacial score (nSPS) is 14.1. The minimum absolute atomic E-state index is 0.634. The van der Waals surface area contributed by atoms with Crippen molar-refractivity contribution in [2.75, 3.05) is 24.6 Å². The monoisotopic (exact) mass is 600 g/mol. The van der Waals surface area contributed by atoms with Crippen molar-refractivity contribution in [3.05, 3.63) is 0 Å². The van der Waals surface area contributed by atoms with Crippen LogP contribution in [0.15, 0.2) is 0 Å². The predicted octanol–water partition coefficient (Wildman–Crippen LogP) is 15.0. The summed E-state index contributed by atoms with van der Waals surface area (Å²) in [5.41, 5.74) is 0. The standard InChI is InChI=1S/C30H64P.F6P/c1-5-9-13-14-15-16-17-18-19-20-21-22-23-24-25-26-30-31(27-10-6-2,28-11-7-3)29-12-8-4;1-7(2,3,4,5)6/h5-30H2,1-4H3;/q+1;-1. The molecule has 0 fully saturated rings. The zero-order chi connectivity index (χ0) is 29.3. The molecule has 0 atom stereocenters. The Morgan fingerprint density at radius 2 is 0.500 bits per heavy atom. The Hall–Kier alpha value is 0.440. The van der Waals surface area contributed by atoms with Crippen LogP contribution in [0.2, 0.25) is 0 Å². The molecule has 8 heteroatoms. The molecule has 0 aromatic rings. The molecule has 0 nitrogen and oxygen atoms in total. The first-order chi connectivity index (χ1) is 17.7. The van der Waals surface area contributed by atoms with E-state index >= 15 is 0 Å². The Morgan fingerprint density at radius 1 is 0.316 bits per heavy atom. The second-order valence-electron chi connectivity index (χ2n) is 11.6. The van der Waals surface area contributed by atoms with Crippen molar-refractivity contribution >= 4 is 15.1 Å². The molecule has 0 saturated carbocycles. The van der Waals surface area contributed by atoms with Gasteiger partial charge in [-0.05, 0) is 32.1 Å². The van der Waals surface area contributed by atoms with Gasteiger partial charge in [0.2, 0.25) is 0 Å². The van der Waals surface area contributed by atoms with Gasteiger partial charge in [-0.15, -0.1) is 0 Å². The van der Waals surface area contributed by atoms with Crippen LogP contribution in [0.1, 0.15) is 169 Å². The average Bonchev–Trinajstić information content (AvgIpc) is 2.82. The summed E-state index contributed by atoms with van der Waals surface area (Å²) in [7, 11) is -11.3. The Kier molecular flexibility index (Phi) is 23.6. The van der Waals surface area contributed by atoms with Crippen LogP contribution in [-0.4, -0.2) is 24.6 Å². The average molecular weight is 601 g/mol. The molecule has 0 aliphatic rings. The fraction of sp³-hybridized carbons (Fsp3) is 1.00. The third kappa shape index (κ3) is 38.6. The summed E-state index contributed by atoms with van der Waals surface area (Å²) in [6.45, 7) is 9.48. The molecule has 0 bridgehead atoms. The molecule has 0 radical (unpaired) electrons. The quantitative estimate of drug-likeness (QED) is 0.0526. The van der Waals surface area contributed by atoms with Gasteiger partial charge in [0.1, 0.15) is 0 Å². The second-order valence-corrected chi connectivity index (χ2v) is 17.9. The molecule has 38 heavy (non-hydrogen) atoms. The molecular formula is C30H64F6P2. The third-order valence-corrected chi connectivity index (χ3v) is 12.5. The van der Waals surface area contributed by atoms with Gasteiger partial charge in [-0.3, -0.25) is 0 Å². The van der Waals surface area contributed by atoms with Crippen LogP contribution in [0.4, 0.5) is 25.2 Å². The van der Waals surface area contributed by atoms with E-state index < -0.39 is 15.1 Å². The molecule has 0 amide bonds. The topological polar surface area (TPSA) is 0 Å². The molecule has 0 spiro atoms. The summed E-state index contributed by atoms with van der Waals surface area (Å²) in [4.78, 5) is 0. The van der Waals surface area contributed by atoms with Gasteiger partial charge in [0, 0.05) is 7.26 Å². The SMILES string of the molecule is CCCCCCCCCCCCCCCCCC[P+](CCCC)(CCCC)CCCC.F[P-](F)(F)(F)(F)F. The van der Waals surface area contributed by atoms with Crippen molar-refractivity contribution in [3.63, 3.8) is 0 Å². The number of rotatable bonds is 26. The van der Waals surface area contributed by atoms with Gasteiger partial charge in [0.15, 0.2) is 0 Å². The number of hydrogen-bond donors (Lipinski definition) is 0. The van der Waals surface area contributed by atoms with Gasteiger partial charge in [-0.1, -0.05) is 137 Å². The molecule has 0 aliphatic carbocycles. The molecule has 0 heterocycles. The maximum absolute atomic E-state index is 10.7. The van der Waals surface area contributed by atoms with Crippen LogP contribution in [0.3, 0.4) is 0 Å². The second kappa shape index (κ2) is 22.1. The first-order valence-corrected chi connectivity index (χ1v) is 20.7. The summed E-state index contributed by atoms with van der Waals surface area (Å²) < 4.78 is 59.2. The number of halogens is 6. The van der Waals surface area contributed by atoms with Crippen LogP contribution in [-0.2, 0) is 0 Å². The van der Waals surface area contributed by atoms with E-state index in [1.807, 2.05) is 0 Å². The molecular weight excluding hydrogens is 536 g/mol. The Bertz CT molecular complexity index is 474. The van der Waals surface area contributed by atoms with Gasteiger partial charge < -0.3 is 0 Å². The van der Waals surface area contributed by atoms with Crippen LogP contribution in [0.25, 0.3) is 0 Å². The fourth-order valence-corrected chi connectivity index (χ4v) is 10.3. The van der Waals surface area contributed by atoms with Crippen LogP contribution in [0.5, 0.6) is 0 Å². The fourth-order valence-electron chi connectivity index (χ4n) is 5.15. The minimum atomic E-state index is -10.7. The third-order valence-electron chi connectivity index (χ3n) is 7.44. The molecule has 0 rings (SSSR count). The van der Waals surface area contributed by atoms with Crippen molar-refractivity contribution in [1.82, 2.24) is 0 Å². The van der Waals surface area contributed by atoms with Crippen LogP contribution in [0, 0.1) is 0 Å². The first kappa shape index (κ1) is 40.6. The van der Waals surface area contributed by atoms with Gasteiger partial charge in [0.25, 0.3) is 0 Å². The van der Waals surface area contributed by atoms with E-state index in [4.69, 9.17) is 0 Å². The zero-order valence-corrected chi connectivity index (χ0v) is 27.3. The van der Waals surface area contributed by atoms with Gasteiger partial charge in [0.05, 0.1) is 24.6 Å². The van der Waals surface area contributed by atoms with E-state index in [0.29, 0.717) is 0 Å². The van der Waals surface area contributed by atoms with Crippen molar-refractivity contribution in [2.24, 2.45) is 0 Å². The van der Waals surface area contributed by atoms with E-state index in [2.05, 4.69) is 27.7 Å². The molecule has 0 N–H and O–H groups in total. The molecule has 236 valence electrons. The first-order valence-electron chi connectivity index (χ1n) is 16.1. The van der Waals surface area contributed by atoms with Crippen molar-refractivity contribution in [3.8, 4) is 0 Å². The zero-order valence-electron chi connectivity index (χ0n) is 25.5. The van der Waals surface area contributed by atoms with E-state index in [1.165, 1.54) is 135 Å². The van der Waals surface area contributed by atoms with Gasteiger partial charge in [-0.2, -0.15) is 0 Å². The molecule has 0 aromatic carbocycles. The summed E-state index contributed by atoms with van der Waals surface area (Å²) in [5.74, 6) is 0. The Labute approximate surface area is 233 Å². The number of hydrogen-bond acceptors (Lipinski definition) is 0. The van der Waals surface area contributed by atoms with E-state index in [9.17, 15) is 25.2 Å². The van der Waals surface area contributed by atoms with Crippen LogP contribution >= 0.6 is 15.1 Å². The predicted molar refractivity (Wildman–Crippen MR) is 164 cm³/mol. The van der Waals surface area contributed by atoms with Crippen LogP contribution < -0.4 is 0 Å². The van der Waals surface area contributed by atoms with E-state index in [-0.39, 0.29) is 0 Å². The van der Waals surface area contributed by atoms with E-state index in [0.717, 1.165) is 0 Å².